The largest absolute Gasteiger partial charge is 0.497 e. The van der Waals surface area contributed by atoms with Crippen molar-refractivity contribution < 1.29 is 9.47 Å². The van der Waals surface area contributed by atoms with E-state index in [-0.39, 0.29) is 0 Å². The van der Waals surface area contributed by atoms with Crippen LogP contribution in [0.5, 0.6) is 11.5 Å². The van der Waals surface area contributed by atoms with Crippen LogP contribution in [0.4, 0.5) is 5.69 Å². The Morgan fingerprint density at radius 3 is 2.57 bits per heavy atom. The summed E-state index contributed by atoms with van der Waals surface area (Å²) < 4.78 is 10.5. The third-order valence-electron chi connectivity index (χ3n) is 3.47. The van der Waals surface area contributed by atoms with Crippen LogP contribution in [0.2, 0.25) is 0 Å². The molecule has 2 aromatic carbocycles. The van der Waals surface area contributed by atoms with E-state index in [2.05, 4.69) is 15.5 Å². The lowest BCUT2D eigenvalue weighted by Gasteiger charge is -2.08. The lowest BCUT2D eigenvalue weighted by atomic mass is 10.2. The summed E-state index contributed by atoms with van der Waals surface area (Å²) in [7, 11) is 3.28. The average Bonchev–Trinajstić information content (AvgIpc) is 2.62. The molecule has 0 radical (unpaired) electrons. The van der Waals surface area contributed by atoms with Crippen LogP contribution in [-0.4, -0.2) is 25.4 Å². The first-order valence-corrected chi connectivity index (χ1v) is 7.16. The number of pyridine rings is 1. The Kier molecular flexibility index (Phi) is 4.38. The number of aromatic nitrogens is 1. The third kappa shape index (κ3) is 3.23. The Morgan fingerprint density at radius 1 is 1.00 bits per heavy atom. The zero-order chi connectivity index (χ0) is 16.1. The average molecular weight is 307 g/mol. The number of para-hydroxylation sites is 1. The SMILES string of the molecule is COc1ccc(/C=N/Nc2ccnc3c(OC)cccc23)cc1. The highest BCUT2D eigenvalue weighted by Crippen LogP contribution is 2.28. The molecule has 116 valence electrons. The number of hydrogen-bond donors (Lipinski definition) is 1. The van der Waals surface area contributed by atoms with E-state index >= 15 is 0 Å². The summed E-state index contributed by atoms with van der Waals surface area (Å²) in [6, 6.07) is 15.4. The van der Waals surface area contributed by atoms with Crippen molar-refractivity contribution in [2.45, 2.75) is 0 Å². The molecule has 1 N–H and O–H groups in total. The molecule has 23 heavy (non-hydrogen) atoms. The van der Waals surface area contributed by atoms with Gasteiger partial charge >= 0.3 is 0 Å². The van der Waals surface area contributed by atoms with E-state index in [9.17, 15) is 0 Å². The van der Waals surface area contributed by atoms with Crippen molar-refractivity contribution >= 4 is 22.8 Å². The second-order valence-corrected chi connectivity index (χ2v) is 4.86. The zero-order valence-electron chi connectivity index (χ0n) is 13.0. The minimum atomic E-state index is 0.741. The molecular weight excluding hydrogens is 290 g/mol. The lowest BCUT2D eigenvalue weighted by Crippen LogP contribution is -1.94. The van der Waals surface area contributed by atoms with Gasteiger partial charge in [-0.15, -0.1) is 0 Å². The molecule has 0 atom stereocenters. The third-order valence-corrected chi connectivity index (χ3v) is 3.47. The molecular formula is C18H17N3O2. The molecule has 0 aliphatic heterocycles. The molecule has 0 aliphatic carbocycles. The molecule has 3 rings (SSSR count). The van der Waals surface area contributed by atoms with Crippen molar-refractivity contribution in [2.75, 3.05) is 19.6 Å². The first-order chi connectivity index (χ1) is 11.3. The fraction of sp³-hybridized carbons (Fsp3) is 0.111. The Labute approximate surface area is 134 Å². The van der Waals surface area contributed by atoms with Gasteiger partial charge in [-0.3, -0.25) is 10.4 Å². The molecule has 5 nitrogen and oxygen atoms in total. The summed E-state index contributed by atoms with van der Waals surface area (Å²) in [5.74, 6) is 1.56. The summed E-state index contributed by atoms with van der Waals surface area (Å²) in [6.07, 6.45) is 3.49. The van der Waals surface area contributed by atoms with E-state index < -0.39 is 0 Å². The van der Waals surface area contributed by atoms with E-state index in [1.807, 2.05) is 48.5 Å². The van der Waals surface area contributed by atoms with Gasteiger partial charge in [0.25, 0.3) is 0 Å². The maximum atomic E-state index is 5.34. The number of nitrogens with one attached hydrogen (secondary N) is 1. The molecule has 0 spiro atoms. The molecule has 0 amide bonds. The topological polar surface area (TPSA) is 55.7 Å². The molecule has 5 heteroatoms. The number of nitrogens with zero attached hydrogens (tertiary/aromatic N) is 2. The van der Waals surface area contributed by atoms with Gasteiger partial charge in [-0.05, 0) is 42.0 Å². The van der Waals surface area contributed by atoms with Crippen LogP contribution < -0.4 is 14.9 Å². The maximum absolute atomic E-state index is 5.34. The first kappa shape index (κ1) is 14.8. The van der Waals surface area contributed by atoms with E-state index in [4.69, 9.17) is 9.47 Å². The number of fused-ring (bicyclic) bond motifs is 1. The van der Waals surface area contributed by atoms with Gasteiger partial charge in [0.1, 0.15) is 17.0 Å². The highest BCUT2D eigenvalue weighted by atomic mass is 16.5. The predicted octanol–water partition coefficient (Wildman–Crippen LogP) is 3.70. The number of ether oxygens (including phenoxy) is 2. The highest BCUT2D eigenvalue weighted by Gasteiger charge is 2.05. The quantitative estimate of drug-likeness (QED) is 0.577. The standard InChI is InChI=1S/C18H17N3O2/c1-22-14-8-6-13(7-9-14)12-20-21-16-10-11-19-18-15(16)4-3-5-17(18)23-2/h3-12H,1-2H3,(H,19,21)/b20-12+. The van der Waals surface area contributed by atoms with Gasteiger partial charge in [0.15, 0.2) is 0 Å². The predicted molar refractivity (Wildman–Crippen MR) is 92.5 cm³/mol. The van der Waals surface area contributed by atoms with Gasteiger partial charge in [-0.25, -0.2) is 0 Å². The molecule has 0 bridgehead atoms. The van der Waals surface area contributed by atoms with E-state index in [1.165, 1.54) is 0 Å². The minimum absolute atomic E-state index is 0.741. The molecule has 1 aromatic heterocycles. The van der Waals surface area contributed by atoms with Crippen LogP contribution in [0.15, 0.2) is 59.8 Å². The monoisotopic (exact) mass is 307 g/mol. The first-order valence-electron chi connectivity index (χ1n) is 7.16. The van der Waals surface area contributed by atoms with Gasteiger partial charge in [0.2, 0.25) is 0 Å². The zero-order valence-corrected chi connectivity index (χ0v) is 13.0. The molecule has 0 saturated heterocycles. The molecule has 0 aliphatic rings. The van der Waals surface area contributed by atoms with Crippen molar-refractivity contribution in [1.29, 1.82) is 0 Å². The Balaban J connectivity index is 1.82. The van der Waals surface area contributed by atoms with Crippen LogP contribution in [-0.2, 0) is 0 Å². The summed E-state index contributed by atoms with van der Waals surface area (Å²) in [6.45, 7) is 0. The van der Waals surface area contributed by atoms with Crippen molar-refractivity contribution in [3.8, 4) is 11.5 Å². The summed E-state index contributed by atoms with van der Waals surface area (Å²) in [4.78, 5) is 4.37. The van der Waals surface area contributed by atoms with Crippen molar-refractivity contribution in [3.05, 3.63) is 60.3 Å². The van der Waals surface area contributed by atoms with Crippen molar-refractivity contribution in [1.82, 2.24) is 4.98 Å². The Hall–Kier alpha value is -3.08. The second kappa shape index (κ2) is 6.79. The van der Waals surface area contributed by atoms with Crippen molar-refractivity contribution in [3.63, 3.8) is 0 Å². The van der Waals surface area contributed by atoms with Gasteiger partial charge in [-0.2, -0.15) is 5.10 Å². The van der Waals surface area contributed by atoms with Gasteiger partial charge in [0, 0.05) is 11.6 Å². The molecule has 0 saturated carbocycles. The number of methoxy groups -OCH3 is 2. The normalized spacial score (nSPS) is 10.9. The lowest BCUT2D eigenvalue weighted by molar-refractivity contribution is 0.415. The van der Waals surface area contributed by atoms with Crippen LogP contribution in [0.3, 0.4) is 0 Å². The second-order valence-electron chi connectivity index (χ2n) is 4.86. The molecule has 0 unspecified atom stereocenters. The number of benzene rings is 2. The van der Waals surface area contributed by atoms with E-state index in [1.54, 1.807) is 26.6 Å². The number of hydrazone groups is 1. The maximum Gasteiger partial charge on any atom is 0.145 e. The Bertz CT molecular complexity index is 829. The van der Waals surface area contributed by atoms with Gasteiger partial charge in [-0.1, -0.05) is 12.1 Å². The van der Waals surface area contributed by atoms with Gasteiger partial charge < -0.3 is 9.47 Å². The van der Waals surface area contributed by atoms with Crippen LogP contribution >= 0.6 is 0 Å². The Morgan fingerprint density at radius 2 is 1.83 bits per heavy atom. The molecule has 1 heterocycles. The smallest absolute Gasteiger partial charge is 0.145 e. The van der Waals surface area contributed by atoms with E-state index in [0.29, 0.717) is 0 Å². The molecule has 0 fully saturated rings. The number of anilines is 1. The summed E-state index contributed by atoms with van der Waals surface area (Å²) in [5, 5.41) is 5.25. The number of hydrogen-bond acceptors (Lipinski definition) is 5. The highest BCUT2D eigenvalue weighted by molar-refractivity contribution is 5.95. The minimum Gasteiger partial charge on any atom is -0.497 e. The van der Waals surface area contributed by atoms with Crippen LogP contribution in [0.25, 0.3) is 10.9 Å². The fourth-order valence-electron chi connectivity index (χ4n) is 2.28. The summed E-state index contributed by atoms with van der Waals surface area (Å²) in [5.41, 5.74) is 5.72. The van der Waals surface area contributed by atoms with Crippen LogP contribution in [0, 0.1) is 0 Å². The van der Waals surface area contributed by atoms with Crippen molar-refractivity contribution in [2.24, 2.45) is 5.10 Å². The van der Waals surface area contributed by atoms with E-state index in [0.717, 1.165) is 33.7 Å². The fourth-order valence-corrected chi connectivity index (χ4v) is 2.28. The van der Waals surface area contributed by atoms with Crippen LogP contribution in [0.1, 0.15) is 5.56 Å². The number of rotatable bonds is 5. The van der Waals surface area contributed by atoms with Gasteiger partial charge in [0.05, 0.1) is 26.1 Å². The summed E-state index contributed by atoms with van der Waals surface area (Å²) >= 11 is 0. The molecule has 3 aromatic rings.